The van der Waals surface area contributed by atoms with Crippen molar-refractivity contribution in [2.75, 3.05) is 20.3 Å². The van der Waals surface area contributed by atoms with Gasteiger partial charge < -0.3 is 20.4 Å². The van der Waals surface area contributed by atoms with Crippen molar-refractivity contribution in [1.29, 1.82) is 0 Å². The Labute approximate surface area is 122 Å². The highest BCUT2D eigenvalue weighted by Gasteiger charge is 2.10. The van der Waals surface area contributed by atoms with E-state index in [1.54, 1.807) is 7.11 Å². The molecule has 0 aliphatic rings. The van der Waals surface area contributed by atoms with Crippen molar-refractivity contribution in [3.05, 3.63) is 35.0 Å². The van der Waals surface area contributed by atoms with E-state index >= 15 is 0 Å². The highest BCUT2D eigenvalue weighted by Crippen LogP contribution is 2.24. The summed E-state index contributed by atoms with van der Waals surface area (Å²) in [6.45, 7) is 2.28. The van der Waals surface area contributed by atoms with Crippen LogP contribution in [0.25, 0.3) is 10.9 Å². The second-order valence-corrected chi connectivity index (χ2v) is 5.02. The van der Waals surface area contributed by atoms with E-state index in [0.29, 0.717) is 18.2 Å². The zero-order valence-electron chi connectivity index (χ0n) is 11.4. The Morgan fingerprint density at radius 1 is 1.50 bits per heavy atom. The maximum absolute atomic E-state index is 11.1. The van der Waals surface area contributed by atoms with Crippen LogP contribution in [0.1, 0.15) is 5.56 Å². The summed E-state index contributed by atoms with van der Waals surface area (Å²) in [6.07, 6.45) is 1.94. The second kappa shape index (κ2) is 6.74. The summed E-state index contributed by atoms with van der Waals surface area (Å²) in [5, 5.41) is 5.00. The van der Waals surface area contributed by atoms with Crippen molar-refractivity contribution < 1.29 is 9.53 Å². The van der Waals surface area contributed by atoms with Crippen LogP contribution >= 0.6 is 11.6 Å². The molecule has 108 valence electrons. The Bertz CT molecular complexity index is 610. The standard InChI is InChI=1S/C14H18ClN3O2/c1-20-5-4-17-7-10-8-18(9-14(16)19)13-6-11(15)2-3-12(10)13/h2-3,6,8,17H,4-5,7,9H2,1H3,(H2,16,19). The number of nitrogens with two attached hydrogens (primary N) is 1. The summed E-state index contributed by atoms with van der Waals surface area (Å²) < 4.78 is 6.82. The van der Waals surface area contributed by atoms with E-state index in [2.05, 4.69) is 5.32 Å². The Morgan fingerprint density at radius 2 is 2.30 bits per heavy atom. The van der Waals surface area contributed by atoms with Crippen molar-refractivity contribution >= 4 is 28.4 Å². The van der Waals surface area contributed by atoms with Gasteiger partial charge in [-0.2, -0.15) is 0 Å². The van der Waals surface area contributed by atoms with E-state index in [9.17, 15) is 4.79 Å². The van der Waals surface area contributed by atoms with Crippen LogP contribution in [0, 0.1) is 0 Å². The van der Waals surface area contributed by atoms with Crippen LogP contribution in [-0.4, -0.2) is 30.7 Å². The van der Waals surface area contributed by atoms with Gasteiger partial charge in [-0.25, -0.2) is 0 Å². The van der Waals surface area contributed by atoms with Gasteiger partial charge in [-0.05, 0) is 17.7 Å². The molecule has 0 atom stereocenters. The van der Waals surface area contributed by atoms with Crippen LogP contribution in [0.15, 0.2) is 24.4 Å². The van der Waals surface area contributed by atoms with E-state index in [0.717, 1.165) is 23.0 Å². The Morgan fingerprint density at radius 3 is 3.00 bits per heavy atom. The van der Waals surface area contributed by atoms with Gasteiger partial charge in [-0.1, -0.05) is 17.7 Å². The largest absolute Gasteiger partial charge is 0.383 e. The van der Waals surface area contributed by atoms with Crippen LogP contribution < -0.4 is 11.1 Å². The summed E-state index contributed by atoms with van der Waals surface area (Å²) in [4.78, 5) is 11.1. The molecule has 0 spiro atoms. The first kappa shape index (κ1) is 14.8. The second-order valence-electron chi connectivity index (χ2n) is 4.58. The van der Waals surface area contributed by atoms with Crippen LogP contribution in [0.4, 0.5) is 0 Å². The minimum atomic E-state index is -0.374. The first-order valence-corrected chi connectivity index (χ1v) is 6.75. The van der Waals surface area contributed by atoms with E-state index in [-0.39, 0.29) is 12.5 Å². The number of benzene rings is 1. The highest BCUT2D eigenvalue weighted by atomic mass is 35.5. The van der Waals surface area contributed by atoms with E-state index in [1.165, 1.54) is 0 Å². The molecule has 20 heavy (non-hydrogen) atoms. The number of carbonyl (C=O) groups excluding carboxylic acids is 1. The van der Waals surface area contributed by atoms with Gasteiger partial charge in [-0.3, -0.25) is 4.79 Å². The number of methoxy groups -OCH3 is 1. The predicted octanol–water partition coefficient (Wildman–Crippen LogP) is 1.52. The molecule has 0 radical (unpaired) electrons. The van der Waals surface area contributed by atoms with Gasteiger partial charge in [0.25, 0.3) is 0 Å². The van der Waals surface area contributed by atoms with Gasteiger partial charge in [0.05, 0.1) is 12.1 Å². The third-order valence-corrected chi connectivity index (χ3v) is 3.29. The molecule has 0 bridgehead atoms. The van der Waals surface area contributed by atoms with E-state index in [1.807, 2.05) is 29.0 Å². The molecule has 2 aromatic rings. The summed E-state index contributed by atoms with van der Waals surface area (Å²) >= 11 is 6.02. The van der Waals surface area contributed by atoms with Gasteiger partial charge in [0.15, 0.2) is 0 Å². The third-order valence-electron chi connectivity index (χ3n) is 3.05. The summed E-state index contributed by atoms with van der Waals surface area (Å²) in [5.41, 5.74) is 7.30. The van der Waals surface area contributed by atoms with E-state index in [4.69, 9.17) is 22.1 Å². The van der Waals surface area contributed by atoms with Crippen LogP contribution in [0.2, 0.25) is 5.02 Å². The first-order chi connectivity index (χ1) is 9.61. The highest BCUT2D eigenvalue weighted by molar-refractivity contribution is 6.31. The van der Waals surface area contributed by atoms with Gasteiger partial charge in [0.2, 0.25) is 5.91 Å². The molecule has 5 nitrogen and oxygen atoms in total. The predicted molar refractivity (Wildman–Crippen MR) is 79.7 cm³/mol. The fourth-order valence-corrected chi connectivity index (χ4v) is 2.34. The van der Waals surface area contributed by atoms with Gasteiger partial charge in [-0.15, -0.1) is 0 Å². The lowest BCUT2D eigenvalue weighted by molar-refractivity contribution is -0.118. The molecule has 1 heterocycles. The van der Waals surface area contributed by atoms with Crippen molar-refractivity contribution in [3.8, 4) is 0 Å². The topological polar surface area (TPSA) is 69.3 Å². The number of hydrogen-bond acceptors (Lipinski definition) is 3. The molecule has 0 aliphatic carbocycles. The SMILES string of the molecule is COCCNCc1cn(CC(N)=O)c2cc(Cl)ccc12. The van der Waals surface area contributed by atoms with Crippen molar-refractivity contribution in [2.45, 2.75) is 13.1 Å². The Kier molecular flexibility index (Phi) is 5.00. The molecule has 0 fully saturated rings. The molecule has 1 aromatic carbocycles. The molecule has 1 aromatic heterocycles. The fourth-order valence-electron chi connectivity index (χ4n) is 2.18. The summed E-state index contributed by atoms with van der Waals surface area (Å²) in [6, 6.07) is 5.65. The number of primary amides is 1. The van der Waals surface area contributed by atoms with Crippen molar-refractivity contribution in [1.82, 2.24) is 9.88 Å². The molecule has 6 heteroatoms. The van der Waals surface area contributed by atoms with Crippen molar-refractivity contribution in [2.24, 2.45) is 5.73 Å². The third kappa shape index (κ3) is 3.50. The smallest absolute Gasteiger partial charge is 0.237 e. The maximum Gasteiger partial charge on any atom is 0.237 e. The average Bonchev–Trinajstić information content (AvgIpc) is 2.72. The number of rotatable bonds is 7. The normalized spacial score (nSPS) is 11.1. The fraction of sp³-hybridized carbons (Fsp3) is 0.357. The monoisotopic (exact) mass is 295 g/mol. The number of fused-ring (bicyclic) bond motifs is 1. The molecule has 1 amide bonds. The maximum atomic E-state index is 11.1. The lowest BCUT2D eigenvalue weighted by Gasteiger charge is -2.02. The number of halogens is 1. The van der Waals surface area contributed by atoms with Gasteiger partial charge in [0, 0.05) is 36.8 Å². The minimum absolute atomic E-state index is 0.148. The first-order valence-electron chi connectivity index (χ1n) is 6.37. The number of amides is 1. The summed E-state index contributed by atoms with van der Waals surface area (Å²) in [7, 11) is 1.67. The molecule has 0 saturated carbocycles. The number of nitrogens with one attached hydrogen (secondary N) is 1. The molecule has 0 unspecified atom stereocenters. The average molecular weight is 296 g/mol. The van der Waals surface area contributed by atoms with Crippen LogP contribution in [0.5, 0.6) is 0 Å². The van der Waals surface area contributed by atoms with Crippen LogP contribution in [-0.2, 0) is 22.6 Å². The lowest BCUT2D eigenvalue weighted by atomic mass is 10.2. The molecular weight excluding hydrogens is 278 g/mol. The number of aromatic nitrogens is 1. The summed E-state index contributed by atoms with van der Waals surface area (Å²) in [5.74, 6) is -0.374. The molecule has 3 N–H and O–H groups in total. The zero-order valence-corrected chi connectivity index (χ0v) is 12.1. The van der Waals surface area contributed by atoms with Gasteiger partial charge in [0.1, 0.15) is 6.54 Å². The Hall–Kier alpha value is -1.56. The number of hydrogen-bond donors (Lipinski definition) is 2. The molecule has 0 aliphatic heterocycles. The zero-order chi connectivity index (χ0) is 14.5. The molecule has 2 rings (SSSR count). The number of ether oxygens (including phenoxy) is 1. The number of carbonyl (C=O) groups is 1. The number of nitrogens with zero attached hydrogens (tertiary/aromatic N) is 1. The quantitative estimate of drug-likeness (QED) is 0.761. The minimum Gasteiger partial charge on any atom is -0.383 e. The lowest BCUT2D eigenvalue weighted by Crippen LogP contribution is -2.19. The molecule has 0 saturated heterocycles. The molecular formula is C14H18ClN3O2. The Balaban J connectivity index is 2.27. The van der Waals surface area contributed by atoms with Crippen LogP contribution in [0.3, 0.4) is 0 Å². The van der Waals surface area contributed by atoms with Crippen molar-refractivity contribution in [3.63, 3.8) is 0 Å². The van der Waals surface area contributed by atoms with Gasteiger partial charge >= 0.3 is 0 Å². The van der Waals surface area contributed by atoms with E-state index < -0.39 is 0 Å².